The molecule has 5 aromatic carbocycles. The zero-order valence-electron chi connectivity index (χ0n) is 24.5. The van der Waals surface area contributed by atoms with E-state index in [-0.39, 0.29) is 16.7 Å². The van der Waals surface area contributed by atoms with E-state index in [0.717, 1.165) is 54.7 Å². The third kappa shape index (κ3) is 6.91. The van der Waals surface area contributed by atoms with Crippen molar-refractivity contribution in [3.63, 3.8) is 0 Å². The van der Waals surface area contributed by atoms with Gasteiger partial charge in [0, 0.05) is 11.6 Å². The fraction of sp³-hybridized carbons (Fsp3) is 0.162. The molecule has 5 aromatic rings. The maximum absolute atomic E-state index is 15.0. The van der Waals surface area contributed by atoms with Gasteiger partial charge in [0.05, 0.1) is 0 Å². The average molecular weight is 634 g/mol. The Morgan fingerprint density at radius 2 is 1.13 bits per heavy atom. The van der Waals surface area contributed by atoms with Crippen molar-refractivity contribution in [3.8, 4) is 45.2 Å². The minimum atomic E-state index is -4.56. The van der Waals surface area contributed by atoms with Crippen molar-refractivity contribution in [2.75, 3.05) is 0 Å². The molecular formula is C37H26F7NO. The summed E-state index contributed by atoms with van der Waals surface area (Å²) < 4.78 is 107. The van der Waals surface area contributed by atoms with Gasteiger partial charge in [-0.1, -0.05) is 68.3 Å². The van der Waals surface area contributed by atoms with Gasteiger partial charge in [-0.3, -0.25) is 0 Å². The van der Waals surface area contributed by atoms with E-state index in [0.29, 0.717) is 23.8 Å². The highest BCUT2D eigenvalue weighted by Crippen LogP contribution is 2.38. The minimum absolute atomic E-state index is 0.0182. The first-order valence-corrected chi connectivity index (χ1v) is 14.5. The van der Waals surface area contributed by atoms with Crippen molar-refractivity contribution in [3.05, 3.63) is 137 Å². The van der Waals surface area contributed by atoms with Crippen LogP contribution in [-0.2, 0) is 12.5 Å². The lowest BCUT2D eigenvalue weighted by molar-refractivity contribution is -0.189. The van der Waals surface area contributed by atoms with Crippen LogP contribution in [0.4, 0.5) is 30.7 Å². The van der Waals surface area contributed by atoms with Crippen LogP contribution in [0.25, 0.3) is 33.4 Å². The van der Waals surface area contributed by atoms with Crippen LogP contribution < -0.4 is 4.74 Å². The highest BCUT2D eigenvalue weighted by atomic mass is 19.3. The number of nitriles is 1. The number of ether oxygens (including phenoxy) is 1. The molecule has 0 bridgehead atoms. The molecule has 0 amide bonds. The minimum Gasteiger partial charge on any atom is -0.429 e. The Kier molecular flexibility index (Phi) is 9.47. The third-order valence-electron chi connectivity index (χ3n) is 7.56. The second kappa shape index (κ2) is 13.5. The van der Waals surface area contributed by atoms with Crippen molar-refractivity contribution in [1.82, 2.24) is 0 Å². The van der Waals surface area contributed by atoms with Gasteiger partial charge in [-0.05, 0) is 82.6 Å². The summed E-state index contributed by atoms with van der Waals surface area (Å²) in [7, 11) is 0. The third-order valence-corrected chi connectivity index (χ3v) is 7.56. The first-order valence-electron chi connectivity index (χ1n) is 14.5. The number of rotatable bonds is 10. The molecule has 46 heavy (non-hydrogen) atoms. The summed E-state index contributed by atoms with van der Waals surface area (Å²) in [6.45, 7) is 2.15. The number of nitrogens with zero attached hydrogens (tertiary/aromatic N) is 1. The molecule has 234 valence electrons. The number of aryl methyl sites for hydroxylation is 1. The SMILES string of the molecule is CCCCCc1ccc(-c2ccc(-c3cc(F)c(C(F)(F)Oc4ccc(-c5cc(F)c(C#N)c(F)c5)c(F)c4)c(F)c3)cc2)cc1. The van der Waals surface area contributed by atoms with Gasteiger partial charge in [0.2, 0.25) is 0 Å². The number of hydrogen-bond acceptors (Lipinski definition) is 2. The Bertz CT molecular complexity index is 1870. The average Bonchev–Trinajstić information content (AvgIpc) is 3.01. The number of unbranched alkanes of at least 4 members (excludes halogenated alkanes) is 2. The van der Waals surface area contributed by atoms with E-state index in [1.807, 2.05) is 12.1 Å². The monoisotopic (exact) mass is 633 g/mol. The fourth-order valence-electron chi connectivity index (χ4n) is 5.14. The maximum atomic E-state index is 15.0. The van der Waals surface area contributed by atoms with E-state index >= 15 is 17.6 Å². The predicted octanol–water partition coefficient (Wildman–Crippen LogP) is 11.1. The molecule has 0 spiro atoms. The van der Waals surface area contributed by atoms with Crippen molar-refractivity contribution < 1.29 is 35.5 Å². The summed E-state index contributed by atoms with van der Waals surface area (Å²) in [5.41, 5.74) is 0.240. The smallest absolute Gasteiger partial charge is 0.429 e. The summed E-state index contributed by atoms with van der Waals surface area (Å²) >= 11 is 0. The Hall–Kier alpha value is -5.10. The maximum Gasteiger partial charge on any atom is 0.432 e. The van der Waals surface area contributed by atoms with Crippen LogP contribution in [0.2, 0.25) is 0 Å². The van der Waals surface area contributed by atoms with E-state index in [1.54, 1.807) is 24.3 Å². The molecular weight excluding hydrogens is 607 g/mol. The van der Waals surface area contributed by atoms with Gasteiger partial charge in [-0.25, -0.2) is 22.0 Å². The molecule has 0 aromatic heterocycles. The molecule has 0 aliphatic rings. The van der Waals surface area contributed by atoms with Gasteiger partial charge in [-0.15, -0.1) is 0 Å². The molecule has 0 aliphatic carbocycles. The van der Waals surface area contributed by atoms with Crippen LogP contribution in [0.15, 0.2) is 91.0 Å². The zero-order valence-corrected chi connectivity index (χ0v) is 24.5. The van der Waals surface area contributed by atoms with Crippen LogP contribution in [0.1, 0.15) is 42.9 Å². The molecule has 0 saturated heterocycles. The normalized spacial score (nSPS) is 11.4. The number of alkyl halides is 2. The zero-order chi connectivity index (χ0) is 33.0. The molecule has 0 saturated carbocycles. The highest BCUT2D eigenvalue weighted by molar-refractivity contribution is 5.71. The summed E-state index contributed by atoms with van der Waals surface area (Å²) in [6, 6.07) is 21.4. The molecule has 0 aliphatic heterocycles. The van der Waals surface area contributed by atoms with Gasteiger partial charge >= 0.3 is 6.11 Å². The second-order valence-corrected chi connectivity index (χ2v) is 10.7. The van der Waals surface area contributed by atoms with E-state index in [2.05, 4.69) is 23.8 Å². The lowest BCUT2D eigenvalue weighted by Gasteiger charge is -2.20. The first kappa shape index (κ1) is 32.3. The molecule has 0 unspecified atom stereocenters. The Balaban J connectivity index is 1.33. The first-order chi connectivity index (χ1) is 22.0. The van der Waals surface area contributed by atoms with E-state index in [1.165, 1.54) is 18.1 Å². The van der Waals surface area contributed by atoms with Crippen LogP contribution in [0.5, 0.6) is 5.75 Å². The number of hydrogen-bond donors (Lipinski definition) is 0. The predicted molar refractivity (Wildman–Crippen MR) is 161 cm³/mol. The van der Waals surface area contributed by atoms with Crippen LogP contribution >= 0.6 is 0 Å². The van der Waals surface area contributed by atoms with Crippen molar-refractivity contribution in [2.24, 2.45) is 0 Å². The Morgan fingerprint density at radius 3 is 1.65 bits per heavy atom. The van der Waals surface area contributed by atoms with E-state index < -0.39 is 52.1 Å². The lowest BCUT2D eigenvalue weighted by Crippen LogP contribution is -2.25. The summed E-state index contributed by atoms with van der Waals surface area (Å²) in [4.78, 5) is 0. The topological polar surface area (TPSA) is 33.0 Å². The fourth-order valence-corrected chi connectivity index (χ4v) is 5.14. The van der Waals surface area contributed by atoms with Crippen LogP contribution in [-0.4, -0.2) is 0 Å². The lowest BCUT2D eigenvalue weighted by atomic mass is 9.97. The molecule has 0 N–H and O–H groups in total. The van der Waals surface area contributed by atoms with Gasteiger partial charge in [0.25, 0.3) is 0 Å². The van der Waals surface area contributed by atoms with E-state index in [9.17, 15) is 13.2 Å². The van der Waals surface area contributed by atoms with Gasteiger partial charge in [0.1, 0.15) is 52.0 Å². The summed E-state index contributed by atoms with van der Waals surface area (Å²) in [5, 5.41) is 8.80. The molecule has 0 fully saturated rings. The Morgan fingerprint density at radius 1 is 0.609 bits per heavy atom. The number of benzene rings is 5. The van der Waals surface area contributed by atoms with E-state index in [4.69, 9.17) is 5.26 Å². The van der Waals surface area contributed by atoms with Crippen LogP contribution in [0.3, 0.4) is 0 Å². The standard InChI is InChI=1S/C37H26F7NO/c1-2-3-4-5-22-6-8-23(9-7-22)24-10-12-25(13-11-24)26-16-34(41)36(35(42)17-26)37(43,44)46-28-14-15-29(33(40)20-28)27-18-31(38)30(21-45)32(39)19-27/h6-20H,2-5H2,1H3. The molecule has 2 nitrogen and oxygen atoms in total. The quantitative estimate of drug-likeness (QED) is 0.113. The van der Waals surface area contributed by atoms with Gasteiger partial charge < -0.3 is 4.74 Å². The second-order valence-electron chi connectivity index (χ2n) is 10.7. The van der Waals surface area contributed by atoms with Crippen molar-refractivity contribution in [1.29, 1.82) is 5.26 Å². The largest absolute Gasteiger partial charge is 0.432 e. The number of halogens is 7. The van der Waals surface area contributed by atoms with Gasteiger partial charge in [-0.2, -0.15) is 14.0 Å². The summed E-state index contributed by atoms with van der Waals surface area (Å²) in [5.74, 6) is -7.65. The molecule has 0 radical (unpaired) electrons. The highest BCUT2D eigenvalue weighted by Gasteiger charge is 2.41. The molecule has 5 rings (SSSR count). The van der Waals surface area contributed by atoms with Crippen molar-refractivity contribution >= 4 is 0 Å². The molecule has 0 atom stereocenters. The van der Waals surface area contributed by atoms with Crippen LogP contribution in [0, 0.1) is 40.4 Å². The molecule has 9 heteroatoms. The molecule has 0 heterocycles. The Labute approximate surface area is 261 Å². The van der Waals surface area contributed by atoms with Crippen molar-refractivity contribution in [2.45, 2.75) is 38.7 Å². The summed E-state index contributed by atoms with van der Waals surface area (Å²) in [6.07, 6.45) is -0.128. The van der Waals surface area contributed by atoms with Gasteiger partial charge in [0.15, 0.2) is 0 Å².